The Labute approximate surface area is 198 Å². The minimum absolute atomic E-state index is 0.561. The number of aryl methyl sites for hydroxylation is 1. The summed E-state index contributed by atoms with van der Waals surface area (Å²) < 4.78 is 4.53. The van der Waals surface area contributed by atoms with Crippen LogP contribution in [0, 0.1) is 0 Å². The normalized spacial score (nSPS) is 17.5. The molecule has 6 rings (SSSR count). The molecule has 2 aliphatic rings. The van der Waals surface area contributed by atoms with Crippen molar-refractivity contribution in [2.45, 2.75) is 38.3 Å². The standard InChI is InChI=1S/C25H30ClN7/c1-31-22-12-17(26)6-7-20(22)30-24(31)15-28-21-13-19(32-10-8-27-9-11-32)14-23-25(21)29-16-33(23)18-4-2-3-5-18/h6-7,12-14,16,18,27-28H,2-5,8-11,15H2,1H3. The van der Waals surface area contributed by atoms with Crippen molar-refractivity contribution < 1.29 is 0 Å². The van der Waals surface area contributed by atoms with E-state index in [0.717, 1.165) is 59.3 Å². The minimum atomic E-state index is 0.561. The molecule has 0 bridgehead atoms. The monoisotopic (exact) mass is 463 g/mol. The van der Waals surface area contributed by atoms with E-state index in [0.29, 0.717) is 12.6 Å². The fourth-order valence-electron chi connectivity index (χ4n) is 5.38. The first-order valence-corrected chi connectivity index (χ1v) is 12.4. The highest BCUT2D eigenvalue weighted by molar-refractivity contribution is 6.31. The van der Waals surface area contributed by atoms with Crippen molar-refractivity contribution in [1.82, 2.24) is 24.4 Å². The molecule has 0 amide bonds. The molecular weight excluding hydrogens is 434 g/mol. The summed E-state index contributed by atoms with van der Waals surface area (Å²) in [5.74, 6) is 0.975. The molecular formula is C25H30ClN7. The summed E-state index contributed by atoms with van der Waals surface area (Å²) >= 11 is 6.21. The number of piperazine rings is 1. The van der Waals surface area contributed by atoms with Gasteiger partial charge in [0.25, 0.3) is 0 Å². The van der Waals surface area contributed by atoms with Crippen molar-refractivity contribution in [2.24, 2.45) is 7.05 Å². The highest BCUT2D eigenvalue weighted by Gasteiger charge is 2.22. The lowest BCUT2D eigenvalue weighted by atomic mass is 10.1. The first-order valence-electron chi connectivity index (χ1n) is 12.0. The Hall–Kier alpha value is -2.77. The van der Waals surface area contributed by atoms with Gasteiger partial charge < -0.3 is 24.7 Å². The summed E-state index contributed by atoms with van der Waals surface area (Å²) in [4.78, 5) is 12.2. The van der Waals surface area contributed by atoms with E-state index in [1.807, 2.05) is 31.6 Å². The van der Waals surface area contributed by atoms with Crippen LogP contribution in [0.25, 0.3) is 22.1 Å². The maximum absolute atomic E-state index is 6.21. The summed E-state index contributed by atoms with van der Waals surface area (Å²) in [6.07, 6.45) is 7.15. The van der Waals surface area contributed by atoms with Crippen molar-refractivity contribution in [3.63, 3.8) is 0 Å². The van der Waals surface area contributed by atoms with Crippen LogP contribution in [0.4, 0.5) is 11.4 Å². The number of rotatable bonds is 5. The predicted octanol–water partition coefficient (Wildman–Crippen LogP) is 4.71. The molecule has 2 aromatic carbocycles. The second-order valence-electron chi connectivity index (χ2n) is 9.26. The molecule has 0 atom stereocenters. The summed E-state index contributed by atoms with van der Waals surface area (Å²) in [7, 11) is 2.05. The first kappa shape index (κ1) is 20.8. The van der Waals surface area contributed by atoms with E-state index in [2.05, 4.69) is 36.8 Å². The lowest BCUT2D eigenvalue weighted by molar-refractivity contribution is 0.532. The van der Waals surface area contributed by atoms with Gasteiger partial charge in [-0.2, -0.15) is 0 Å². The molecule has 1 saturated heterocycles. The van der Waals surface area contributed by atoms with Gasteiger partial charge >= 0.3 is 0 Å². The fraction of sp³-hybridized carbons (Fsp3) is 0.440. The van der Waals surface area contributed by atoms with Crippen LogP contribution in [-0.4, -0.2) is 45.3 Å². The van der Waals surface area contributed by atoms with Crippen LogP contribution >= 0.6 is 11.6 Å². The van der Waals surface area contributed by atoms with Crippen molar-refractivity contribution in [3.8, 4) is 0 Å². The number of imidazole rings is 2. The Morgan fingerprint density at radius 3 is 2.73 bits per heavy atom. The number of benzene rings is 2. The number of aromatic nitrogens is 4. The van der Waals surface area contributed by atoms with Gasteiger partial charge in [-0.1, -0.05) is 24.4 Å². The minimum Gasteiger partial charge on any atom is -0.376 e. The summed E-state index contributed by atoms with van der Waals surface area (Å²) in [5.41, 5.74) is 6.62. The molecule has 8 heteroatoms. The molecule has 2 N–H and O–H groups in total. The third kappa shape index (κ3) is 3.83. The van der Waals surface area contributed by atoms with E-state index in [1.54, 1.807) is 0 Å². The van der Waals surface area contributed by atoms with Crippen LogP contribution in [0.15, 0.2) is 36.7 Å². The van der Waals surface area contributed by atoms with Crippen molar-refractivity contribution in [2.75, 3.05) is 36.4 Å². The number of fused-ring (bicyclic) bond motifs is 2. The van der Waals surface area contributed by atoms with Crippen LogP contribution in [0.3, 0.4) is 0 Å². The zero-order chi connectivity index (χ0) is 22.4. The average molecular weight is 464 g/mol. The number of halogens is 1. The predicted molar refractivity (Wildman–Crippen MR) is 135 cm³/mol. The molecule has 4 aromatic rings. The molecule has 1 saturated carbocycles. The van der Waals surface area contributed by atoms with Gasteiger partial charge in [-0.25, -0.2) is 9.97 Å². The number of hydrogen-bond donors (Lipinski definition) is 2. The maximum Gasteiger partial charge on any atom is 0.128 e. The highest BCUT2D eigenvalue weighted by atomic mass is 35.5. The molecule has 0 radical (unpaired) electrons. The average Bonchev–Trinajstić information content (AvgIpc) is 3.58. The lowest BCUT2D eigenvalue weighted by Gasteiger charge is -2.30. The maximum atomic E-state index is 6.21. The Bertz CT molecular complexity index is 1300. The van der Waals surface area contributed by atoms with E-state index in [-0.39, 0.29) is 0 Å². The van der Waals surface area contributed by atoms with E-state index in [1.165, 1.54) is 36.9 Å². The number of nitrogens with one attached hydrogen (secondary N) is 2. The molecule has 1 aliphatic carbocycles. The molecule has 7 nitrogen and oxygen atoms in total. The highest BCUT2D eigenvalue weighted by Crippen LogP contribution is 2.36. The molecule has 0 unspecified atom stereocenters. The summed E-state index contributed by atoms with van der Waals surface area (Å²) in [5, 5.41) is 7.86. The lowest BCUT2D eigenvalue weighted by Crippen LogP contribution is -2.43. The number of nitrogens with zero attached hydrogens (tertiary/aromatic N) is 5. The van der Waals surface area contributed by atoms with Gasteiger partial charge in [0.2, 0.25) is 0 Å². The van der Waals surface area contributed by atoms with Crippen molar-refractivity contribution >= 4 is 45.0 Å². The van der Waals surface area contributed by atoms with Gasteiger partial charge in [-0.05, 0) is 43.2 Å². The smallest absolute Gasteiger partial charge is 0.128 e. The van der Waals surface area contributed by atoms with Crippen LogP contribution in [0.2, 0.25) is 5.02 Å². The molecule has 172 valence electrons. The molecule has 33 heavy (non-hydrogen) atoms. The largest absolute Gasteiger partial charge is 0.376 e. The van der Waals surface area contributed by atoms with Gasteiger partial charge in [-0.3, -0.25) is 0 Å². The fourth-order valence-corrected chi connectivity index (χ4v) is 5.54. The van der Waals surface area contributed by atoms with Crippen LogP contribution in [-0.2, 0) is 13.6 Å². The summed E-state index contributed by atoms with van der Waals surface area (Å²) in [6.45, 7) is 4.71. The van der Waals surface area contributed by atoms with Crippen LogP contribution in [0.5, 0.6) is 0 Å². The zero-order valence-electron chi connectivity index (χ0n) is 19.0. The van der Waals surface area contributed by atoms with Gasteiger partial charge in [0.05, 0.1) is 35.1 Å². The van der Waals surface area contributed by atoms with Gasteiger partial charge in [-0.15, -0.1) is 0 Å². The number of anilines is 2. The van der Waals surface area contributed by atoms with E-state index >= 15 is 0 Å². The summed E-state index contributed by atoms with van der Waals surface area (Å²) in [6, 6.07) is 11.0. The molecule has 3 heterocycles. The van der Waals surface area contributed by atoms with Crippen molar-refractivity contribution in [3.05, 3.63) is 47.5 Å². The van der Waals surface area contributed by atoms with Gasteiger partial charge in [0.15, 0.2) is 0 Å². The van der Waals surface area contributed by atoms with Gasteiger partial charge in [0.1, 0.15) is 11.3 Å². The SMILES string of the molecule is Cn1c(CNc2cc(N3CCNCC3)cc3c2ncn3C2CCCC2)nc2ccc(Cl)cc21. The Balaban J connectivity index is 1.37. The third-order valence-corrected chi connectivity index (χ3v) is 7.47. The quantitative estimate of drug-likeness (QED) is 0.448. The first-order chi connectivity index (χ1) is 16.2. The van der Waals surface area contributed by atoms with E-state index in [4.69, 9.17) is 21.6 Å². The molecule has 1 aliphatic heterocycles. The zero-order valence-corrected chi connectivity index (χ0v) is 19.8. The topological polar surface area (TPSA) is 62.9 Å². The Kier molecular flexibility index (Phi) is 5.38. The van der Waals surface area contributed by atoms with E-state index < -0.39 is 0 Å². The molecule has 2 fully saturated rings. The van der Waals surface area contributed by atoms with Crippen LogP contribution in [0.1, 0.15) is 37.5 Å². The second kappa shape index (κ2) is 8.54. The Morgan fingerprint density at radius 1 is 1.09 bits per heavy atom. The van der Waals surface area contributed by atoms with E-state index in [9.17, 15) is 0 Å². The third-order valence-electron chi connectivity index (χ3n) is 7.24. The van der Waals surface area contributed by atoms with Crippen LogP contribution < -0.4 is 15.5 Å². The number of hydrogen-bond acceptors (Lipinski definition) is 5. The van der Waals surface area contributed by atoms with Gasteiger partial charge in [0, 0.05) is 50.0 Å². The Morgan fingerprint density at radius 2 is 1.91 bits per heavy atom. The van der Waals surface area contributed by atoms with Crippen molar-refractivity contribution in [1.29, 1.82) is 0 Å². The molecule has 0 spiro atoms. The second-order valence-corrected chi connectivity index (χ2v) is 9.70. The molecule has 2 aromatic heterocycles.